The van der Waals surface area contributed by atoms with Crippen LogP contribution in [0.2, 0.25) is 5.02 Å². The maximum absolute atomic E-state index is 14.8. The average molecular weight is 607 g/mol. The second kappa shape index (κ2) is 10.8. The van der Waals surface area contributed by atoms with Crippen LogP contribution in [0.5, 0.6) is 11.5 Å². The Morgan fingerprint density at radius 1 is 1.14 bits per heavy atom. The number of fused-ring (bicyclic) bond motifs is 2. The summed E-state index contributed by atoms with van der Waals surface area (Å²) in [6.45, 7) is 6.84. The molecule has 2 saturated heterocycles. The summed E-state index contributed by atoms with van der Waals surface area (Å²) in [6.07, 6.45) is 2.81. The average Bonchev–Trinajstić information content (AvgIpc) is 3.51. The summed E-state index contributed by atoms with van der Waals surface area (Å²) in [5.74, 6) is -0.472. The fourth-order valence-corrected chi connectivity index (χ4v) is 6.63. The summed E-state index contributed by atoms with van der Waals surface area (Å²) in [5.41, 5.74) is 2.60. The fraction of sp³-hybridized carbons (Fsp3) is 0.406. The number of aromatic carboxylic acids is 1. The third-order valence-electron chi connectivity index (χ3n) is 8.94. The molecule has 3 atom stereocenters. The Balaban J connectivity index is 1.10. The normalized spacial score (nSPS) is 22.9. The predicted octanol–water partition coefficient (Wildman–Crippen LogP) is 6.30. The van der Waals surface area contributed by atoms with Crippen LogP contribution in [-0.2, 0) is 17.1 Å². The molecular formula is C32H32ClFN4O5. The van der Waals surface area contributed by atoms with Crippen molar-refractivity contribution in [3.8, 4) is 11.5 Å². The molecule has 3 aliphatic heterocycles. The van der Waals surface area contributed by atoms with Crippen LogP contribution in [0.15, 0.2) is 48.5 Å². The molecule has 0 bridgehead atoms. The molecule has 0 saturated carbocycles. The maximum atomic E-state index is 14.8. The van der Waals surface area contributed by atoms with E-state index in [1.165, 1.54) is 12.1 Å². The molecule has 0 spiro atoms. The van der Waals surface area contributed by atoms with Crippen LogP contribution in [0.1, 0.15) is 72.5 Å². The van der Waals surface area contributed by atoms with E-state index in [2.05, 4.69) is 22.9 Å². The number of halogens is 2. The second-order valence-corrected chi connectivity index (χ2v) is 12.1. The maximum Gasteiger partial charge on any atom is 0.354 e. The van der Waals surface area contributed by atoms with E-state index in [0.717, 1.165) is 50.3 Å². The van der Waals surface area contributed by atoms with E-state index in [0.29, 0.717) is 39.8 Å². The van der Waals surface area contributed by atoms with Crippen LogP contribution >= 0.6 is 11.6 Å². The van der Waals surface area contributed by atoms with Crippen molar-refractivity contribution in [2.75, 3.05) is 19.7 Å². The molecule has 0 aliphatic carbocycles. The topological polar surface area (TPSA) is 98.9 Å². The fourth-order valence-electron chi connectivity index (χ4n) is 6.47. The number of ether oxygens (including phenoxy) is 3. The molecule has 5 heterocycles. The Labute approximate surface area is 253 Å². The molecule has 2 aromatic carbocycles. The van der Waals surface area contributed by atoms with E-state index in [-0.39, 0.29) is 23.8 Å². The van der Waals surface area contributed by atoms with Crippen molar-refractivity contribution in [3.05, 3.63) is 82.0 Å². The van der Waals surface area contributed by atoms with E-state index in [9.17, 15) is 14.3 Å². The lowest BCUT2D eigenvalue weighted by Crippen LogP contribution is -2.37. The van der Waals surface area contributed by atoms with Gasteiger partial charge in [-0.15, -0.1) is 0 Å². The first-order valence-corrected chi connectivity index (χ1v) is 15.0. The van der Waals surface area contributed by atoms with Crippen LogP contribution in [0, 0.1) is 5.82 Å². The van der Waals surface area contributed by atoms with Gasteiger partial charge >= 0.3 is 5.97 Å². The Kier molecular flexibility index (Phi) is 7.03. The molecule has 11 heteroatoms. The zero-order valence-electron chi connectivity index (χ0n) is 23.9. The van der Waals surface area contributed by atoms with Crippen molar-refractivity contribution in [2.24, 2.45) is 0 Å². The summed E-state index contributed by atoms with van der Waals surface area (Å²) >= 11 is 5.98. The van der Waals surface area contributed by atoms with Gasteiger partial charge in [-0.3, -0.25) is 4.90 Å². The van der Waals surface area contributed by atoms with Crippen LogP contribution < -0.4 is 9.47 Å². The quantitative estimate of drug-likeness (QED) is 0.262. The van der Waals surface area contributed by atoms with Crippen molar-refractivity contribution in [2.45, 2.75) is 63.5 Å². The van der Waals surface area contributed by atoms with Gasteiger partial charge in [0.25, 0.3) is 5.79 Å². The van der Waals surface area contributed by atoms with Crippen LogP contribution in [0.3, 0.4) is 0 Å². The molecule has 2 fully saturated rings. The van der Waals surface area contributed by atoms with Gasteiger partial charge in [-0.25, -0.2) is 19.2 Å². The van der Waals surface area contributed by atoms with Crippen LogP contribution in [0.25, 0.3) is 11.2 Å². The molecule has 43 heavy (non-hydrogen) atoms. The van der Waals surface area contributed by atoms with Gasteiger partial charge in [-0.05, 0) is 81.6 Å². The Morgan fingerprint density at radius 2 is 1.93 bits per heavy atom. The zero-order valence-corrected chi connectivity index (χ0v) is 24.7. The lowest BCUT2D eigenvalue weighted by molar-refractivity contribution is -0.0712. The van der Waals surface area contributed by atoms with E-state index < -0.39 is 17.6 Å². The summed E-state index contributed by atoms with van der Waals surface area (Å²) in [7, 11) is 0. The molecule has 4 aromatic rings. The number of pyridine rings is 1. The van der Waals surface area contributed by atoms with E-state index in [1.807, 2.05) is 16.7 Å². The van der Waals surface area contributed by atoms with Gasteiger partial charge in [0.1, 0.15) is 17.2 Å². The number of rotatable bonds is 7. The minimum absolute atomic E-state index is 0.000291. The summed E-state index contributed by atoms with van der Waals surface area (Å²) < 4.78 is 35.1. The predicted molar refractivity (Wildman–Crippen MR) is 157 cm³/mol. The van der Waals surface area contributed by atoms with Crippen LogP contribution in [0.4, 0.5) is 4.39 Å². The molecule has 7 rings (SSSR count). The monoisotopic (exact) mass is 606 g/mol. The number of imidazole rings is 1. The van der Waals surface area contributed by atoms with Crippen molar-refractivity contribution in [1.82, 2.24) is 19.4 Å². The summed E-state index contributed by atoms with van der Waals surface area (Å²) in [6, 6.07) is 13.6. The molecule has 2 aromatic heterocycles. The van der Waals surface area contributed by atoms with E-state index in [1.54, 1.807) is 25.1 Å². The number of para-hydroxylation sites is 1. The van der Waals surface area contributed by atoms with Gasteiger partial charge in [0.15, 0.2) is 22.8 Å². The number of hydrogen-bond donors (Lipinski definition) is 1. The Hall–Kier alpha value is -3.73. The van der Waals surface area contributed by atoms with Crippen LogP contribution in [-0.4, -0.2) is 56.3 Å². The number of aromatic nitrogens is 3. The smallest absolute Gasteiger partial charge is 0.354 e. The standard InChI is InChI=1S/C32H32ClFN4O5/c1-18(29-35-25-8-9-26(31(39)40)36-30(25)38(29)17-21-12-15-41-21)37-13-10-19(11-14-37)22-4-3-5-27-28(22)43-32(2,42-27)23-7-6-20(33)16-24(23)34/h3-9,16,18-19,21H,10-15,17H2,1-2H3,(H,39,40)/t18-,21-,32-/m0/s1. The molecule has 0 amide bonds. The van der Waals surface area contributed by atoms with Gasteiger partial charge in [-0.2, -0.15) is 0 Å². The molecule has 1 N–H and O–H groups in total. The number of carbonyl (C=O) groups is 1. The molecule has 3 aliphatic rings. The largest absolute Gasteiger partial charge is 0.477 e. The lowest BCUT2D eigenvalue weighted by atomic mass is 9.88. The van der Waals surface area contributed by atoms with Gasteiger partial charge in [0.05, 0.1) is 24.3 Å². The summed E-state index contributed by atoms with van der Waals surface area (Å²) in [4.78, 5) is 23.4. The highest BCUT2D eigenvalue weighted by Gasteiger charge is 2.43. The molecule has 0 radical (unpaired) electrons. The molecule has 9 nitrogen and oxygen atoms in total. The highest BCUT2D eigenvalue weighted by molar-refractivity contribution is 6.30. The van der Waals surface area contributed by atoms with Gasteiger partial charge < -0.3 is 23.9 Å². The van der Waals surface area contributed by atoms with Crippen molar-refractivity contribution < 1.29 is 28.5 Å². The third-order valence-corrected chi connectivity index (χ3v) is 9.18. The Bertz CT molecular complexity index is 1720. The number of piperidine rings is 1. The number of carboxylic acid groups (broad SMARTS) is 1. The molecule has 0 unspecified atom stereocenters. The number of benzene rings is 2. The molecular weight excluding hydrogens is 575 g/mol. The lowest BCUT2D eigenvalue weighted by Gasteiger charge is -2.36. The third kappa shape index (κ3) is 5.01. The molecule has 224 valence electrons. The number of nitrogens with zero attached hydrogens (tertiary/aromatic N) is 4. The van der Waals surface area contributed by atoms with Crippen molar-refractivity contribution in [1.29, 1.82) is 0 Å². The first kappa shape index (κ1) is 28.1. The van der Waals surface area contributed by atoms with E-state index in [4.69, 9.17) is 30.8 Å². The first-order chi connectivity index (χ1) is 20.7. The zero-order chi connectivity index (χ0) is 29.9. The van der Waals surface area contributed by atoms with Crippen molar-refractivity contribution in [3.63, 3.8) is 0 Å². The number of carboxylic acids is 1. The second-order valence-electron chi connectivity index (χ2n) is 11.6. The van der Waals surface area contributed by atoms with Gasteiger partial charge in [0.2, 0.25) is 0 Å². The minimum Gasteiger partial charge on any atom is -0.477 e. The van der Waals surface area contributed by atoms with Gasteiger partial charge in [-0.1, -0.05) is 23.7 Å². The highest BCUT2D eigenvalue weighted by Crippen LogP contribution is 2.50. The van der Waals surface area contributed by atoms with Gasteiger partial charge in [0, 0.05) is 24.1 Å². The van der Waals surface area contributed by atoms with E-state index >= 15 is 0 Å². The number of hydrogen-bond acceptors (Lipinski definition) is 7. The minimum atomic E-state index is -1.29. The van der Waals surface area contributed by atoms with Crippen molar-refractivity contribution >= 4 is 28.7 Å². The highest BCUT2D eigenvalue weighted by atomic mass is 35.5. The SMILES string of the molecule is C[C@@H](c1nc2ccc(C(=O)O)nc2n1C[C@@H]1CCO1)N1CCC(c2cccc3c2O[C@@](C)(c2ccc(Cl)cc2F)O3)CC1. The Morgan fingerprint density at radius 3 is 2.63 bits per heavy atom. The first-order valence-electron chi connectivity index (χ1n) is 14.6. The number of likely N-dealkylation sites (tertiary alicyclic amines) is 1. The summed E-state index contributed by atoms with van der Waals surface area (Å²) in [5, 5.41) is 9.83.